The van der Waals surface area contributed by atoms with Crippen LogP contribution in [0.15, 0.2) is 204 Å². The highest BCUT2D eigenvalue weighted by molar-refractivity contribution is 6.19. The number of anilines is 3. The van der Waals surface area contributed by atoms with Gasteiger partial charge in [0.2, 0.25) is 0 Å². The van der Waals surface area contributed by atoms with E-state index >= 15 is 0 Å². The molecule has 0 fully saturated rings. The normalized spacial score (nSPS) is 16.1. The molecule has 1 aromatic heterocycles. The standard InChI is InChI=1S/C55H39NO/c1-55(2)50-20-9-8-18-47(50)48-33-31-44(35-51(48)55)56(42-29-26-39(27-30-42)38-24-22-37(23-25-38)36-12-4-3-5-13-36)43-16-10-15-41(34-43)45-19-11-21-52-53(45)49-32-28-40-14-6-7-17-46(40)54(49)57-52/h3-35H,1-2H3/i3D,4D,5D,12D,13D,22D,23D,24D,25D,26D,27D,29D,30D. The van der Waals surface area contributed by atoms with Crippen LogP contribution in [0, 0.1) is 0 Å². The Morgan fingerprint density at radius 3 is 1.91 bits per heavy atom. The average Bonchev–Trinajstić information content (AvgIpc) is 3.87. The van der Waals surface area contributed by atoms with Gasteiger partial charge in [0.15, 0.2) is 0 Å². The monoisotopic (exact) mass is 742 g/mol. The van der Waals surface area contributed by atoms with Crippen LogP contribution in [0.1, 0.15) is 42.8 Å². The van der Waals surface area contributed by atoms with Crippen molar-refractivity contribution in [1.29, 1.82) is 0 Å². The fourth-order valence-electron chi connectivity index (χ4n) is 8.33. The summed E-state index contributed by atoms with van der Waals surface area (Å²) >= 11 is 0. The first kappa shape index (κ1) is 22.4. The smallest absolute Gasteiger partial charge is 0.143 e. The van der Waals surface area contributed by atoms with Crippen LogP contribution in [0.3, 0.4) is 0 Å². The summed E-state index contributed by atoms with van der Waals surface area (Å²) < 4.78 is 123. The van der Waals surface area contributed by atoms with Crippen molar-refractivity contribution in [2.75, 3.05) is 4.90 Å². The van der Waals surface area contributed by atoms with E-state index in [1.54, 1.807) is 4.90 Å². The molecule has 0 unspecified atom stereocenters. The zero-order valence-corrected chi connectivity index (χ0v) is 30.9. The van der Waals surface area contributed by atoms with Crippen molar-refractivity contribution in [3.8, 4) is 44.5 Å². The summed E-state index contributed by atoms with van der Waals surface area (Å²) in [5, 5.41) is 3.85. The molecule has 1 aliphatic carbocycles. The van der Waals surface area contributed by atoms with E-state index in [2.05, 4.69) is 38.1 Å². The van der Waals surface area contributed by atoms with Gasteiger partial charge in [-0.3, -0.25) is 0 Å². The minimum absolute atomic E-state index is 0.131. The molecule has 1 aliphatic rings. The molecule has 2 heteroatoms. The van der Waals surface area contributed by atoms with Crippen molar-refractivity contribution in [2.45, 2.75) is 19.3 Å². The highest BCUT2D eigenvalue weighted by Crippen LogP contribution is 2.51. The summed E-state index contributed by atoms with van der Waals surface area (Å²) in [6.45, 7) is 4.27. The summed E-state index contributed by atoms with van der Waals surface area (Å²) in [4.78, 5) is 1.69. The van der Waals surface area contributed by atoms with Crippen molar-refractivity contribution in [3.05, 3.63) is 211 Å². The molecule has 0 atom stereocenters. The second kappa shape index (κ2) is 13.0. The summed E-state index contributed by atoms with van der Waals surface area (Å²) in [6.07, 6.45) is 0. The van der Waals surface area contributed by atoms with Gasteiger partial charge in [-0.05, 0) is 110 Å². The molecule has 0 amide bonds. The number of furan rings is 1. The Balaban J connectivity index is 1.13. The van der Waals surface area contributed by atoms with E-state index in [1.165, 1.54) is 0 Å². The van der Waals surface area contributed by atoms with Gasteiger partial charge < -0.3 is 9.32 Å². The van der Waals surface area contributed by atoms with Crippen molar-refractivity contribution in [1.82, 2.24) is 0 Å². The van der Waals surface area contributed by atoms with Crippen LogP contribution in [0.5, 0.6) is 0 Å². The van der Waals surface area contributed by atoms with E-state index in [-0.39, 0.29) is 5.69 Å². The van der Waals surface area contributed by atoms with Gasteiger partial charge in [0.25, 0.3) is 0 Å². The van der Waals surface area contributed by atoms with Crippen LogP contribution in [0.25, 0.3) is 77.2 Å². The molecule has 0 spiro atoms. The van der Waals surface area contributed by atoms with Gasteiger partial charge >= 0.3 is 0 Å². The average molecular weight is 743 g/mol. The maximum Gasteiger partial charge on any atom is 0.143 e. The highest BCUT2D eigenvalue weighted by atomic mass is 16.3. The van der Waals surface area contributed by atoms with Gasteiger partial charge in [-0.15, -0.1) is 0 Å². The predicted molar refractivity (Wildman–Crippen MR) is 240 cm³/mol. The van der Waals surface area contributed by atoms with E-state index in [1.807, 2.05) is 97.1 Å². The summed E-state index contributed by atoms with van der Waals surface area (Å²) in [6, 6.07) is 30.7. The highest BCUT2D eigenvalue weighted by Gasteiger charge is 2.35. The van der Waals surface area contributed by atoms with Crippen LogP contribution in [0.4, 0.5) is 17.1 Å². The predicted octanol–water partition coefficient (Wildman–Crippen LogP) is 15.5. The Kier molecular flexibility index (Phi) is 5.10. The molecule has 0 bridgehead atoms. The Morgan fingerprint density at radius 1 is 0.456 bits per heavy atom. The molecule has 0 aliphatic heterocycles. The molecule has 0 radical (unpaired) electrons. The SMILES string of the molecule is [2H]c1c([2H])c([2H])c(-c2c([2H])c([2H])c(-c3c([2H])c([2H])c(N(c4cccc(-c5cccc6oc7c8ccccc8ccc7c56)c4)c4ccc5c(c4)C(C)(C)c4ccccc4-5)c([2H])c3[2H])c([2H])c2[2H])c([2H])c1[2H]. The van der Waals surface area contributed by atoms with Crippen LogP contribution < -0.4 is 4.90 Å². The van der Waals surface area contributed by atoms with E-state index in [0.717, 1.165) is 60.5 Å². The second-order valence-electron chi connectivity index (χ2n) is 14.7. The molecule has 9 aromatic carbocycles. The third-order valence-corrected chi connectivity index (χ3v) is 11.1. The van der Waals surface area contributed by atoms with Crippen molar-refractivity contribution >= 4 is 49.8 Å². The lowest BCUT2D eigenvalue weighted by Gasteiger charge is -2.28. The van der Waals surface area contributed by atoms with Crippen molar-refractivity contribution in [3.63, 3.8) is 0 Å². The van der Waals surface area contributed by atoms with E-state index in [4.69, 9.17) is 16.8 Å². The van der Waals surface area contributed by atoms with Crippen molar-refractivity contribution < 1.29 is 22.2 Å². The molecule has 0 N–H and O–H groups in total. The lowest BCUT2D eigenvalue weighted by molar-refractivity contribution is 0.660. The molecular formula is C55H39NO. The number of hydrogen-bond acceptors (Lipinski definition) is 2. The third kappa shape index (κ3) is 5.40. The molecule has 11 rings (SSSR count). The number of hydrogen-bond donors (Lipinski definition) is 0. The first-order valence-electron chi connectivity index (χ1n) is 25.2. The number of rotatable bonds is 6. The Morgan fingerprint density at radius 2 is 1.11 bits per heavy atom. The van der Waals surface area contributed by atoms with E-state index in [0.29, 0.717) is 17.0 Å². The molecule has 1 heterocycles. The topological polar surface area (TPSA) is 16.4 Å². The van der Waals surface area contributed by atoms with Crippen LogP contribution in [-0.4, -0.2) is 0 Å². The minimum atomic E-state index is -0.774. The number of fused-ring (bicyclic) bond motifs is 8. The number of nitrogens with zero attached hydrogens (tertiary/aromatic N) is 1. The summed E-state index contributed by atoms with van der Waals surface area (Å²) in [7, 11) is 0. The zero-order valence-electron chi connectivity index (χ0n) is 43.9. The first-order valence-corrected chi connectivity index (χ1v) is 18.7. The first-order chi connectivity index (χ1) is 33.4. The summed E-state index contributed by atoms with van der Waals surface area (Å²) in [5.41, 5.74) is 5.68. The van der Waals surface area contributed by atoms with Crippen molar-refractivity contribution in [2.24, 2.45) is 0 Å². The maximum absolute atomic E-state index is 9.73. The molecule has 0 saturated heterocycles. The number of benzene rings is 9. The summed E-state index contributed by atoms with van der Waals surface area (Å²) in [5.74, 6) is 0. The van der Waals surface area contributed by atoms with Crippen LogP contribution in [0.2, 0.25) is 0 Å². The van der Waals surface area contributed by atoms with Gasteiger partial charge in [0.1, 0.15) is 11.2 Å². The largest absolute Gasteiger partial charge is 0.455 e. The lowest BCUT2D eigenvalue weighted by Crippen LogP contribution is -2.16. The fraction of sp³-hybridized carbons (Fsp3) is 0.0545. The Hall–Kier alpha value is -7.16. The van der Waals surface area contributed by atoms with Gasteiger partial charge in [-0.1, -0.05) is 165 Å². The second-order valence-corrected chi connectivity index (χ2v) is 14.7. The molecular weight excluding hydrogens is 691 g/mol. The van der Waals surface area contributed by atoms with E-state index in [9.17, 15) is 5.48 Å². The molecule has 0 saturated carbocycles. The molecule has 270 valence electrons. The maximum atomic E-state index is 9.73. The molecule has 57 heavy (non-hydrogen) atoms. The Labute approximate surface area is 351 Å². The van der Waals surface area contributed by atoms with Gasteiger partial charge in [-0.2, -0.15) is 0 Å². The fourth-order valence-corrected chi connectivity index (χ4v) is 8.33. The molecule has 2 nitrogen and oxygen atoms in total. The van der Waals surface area contributed by atoms with E-state index < -0.39 is 106 Å². The third-order valence-electron chi connectivity index (χ3n) is 11.1. The zero-order chi connectivity index (χ0) is 49.4. The van der Waals surface area contributed by atoms with Crippen LogP contribution in [-0.2, 0) is 5.41 Å². The van der Waals surface area contributed by atoms with Gasteiger partial charge in [0.05, 0.1) is 17.8 Å². The van der Waals surface area contributed by atoms with Crippen LogP contribution >= 0.6 is 0 Å². The van der Waals surface area contributed by atoms with Gasteiger partial charge in [-0.25, -0.2) is 0 Å². The molecule has 10 aromatic rings. The minimum Gasteiger partial charge on any atom is -0.455 e. The Bertz CT molecular complexity index is 3850. The van der Waals surface area contributed by atoms with Gasteiger partial charge in [0, 0.05) is 38.6 Å². The lowest BCUT2D eigenvalue weighted by atomic mass is 9.82. The quantitative estimate of drug-likeness (QED) is 0.169.